The molecule has 6 nitrogen and oxygen atoms in total. The molecule has 0 radical (unpaired) electrons. The minimum atomic E-state index is 0.0853. The van der Waals surface area contributed by atoms with Crippen molar-refractivity contribution in [2.75, 3.05) is 17.2 Å². The Morgan fingerprint density at radius 1 is 1.15 bits per heavy atom. The third-order valence-corrected chi connectivity index (χ3v) is 5.53. The van der Waals surface area contributed by atoms with E-state index >= 15 is 0 Å². The second-order valence-electron chi connectivity index (χ2n) is 6.79. The number of amides is 1. The Hall–Kier alpha value is -2.67. The molecule has 0 spiro atoms. The fraction of sp³-hybridized carbons (Fsp3) is 0.300. The van der Waals surface area contributed by atoms with Crippen LogP contribution in [0.1, 0.15) is 23.1 Å². The molecule has 0 atom stereocenters. The molecule has 0 N–H and O–H groups in total. The molecule has 138 valence electrons. The van der Waals surface area contributed by atoms with Crippen molar-refractivity contribution in [3.63, 3.8) is 0 Å². The first-order chi connectivity index (χ1) is 13.1. The monoisotopic (exact) mass is 379 g/mol. The minimum Gasteiger partial charge on any atom is -0.311 e. The first kappa shape index (κ1) is 17.7. The van der Waals surface area contributed by atoms with Gasteiger partial charge in [0.1, 0.15) is 0 Å². The van der Waals surface area contributed by atoms with Crippen LogP contribution in [0.2, 0.25) is 0 Å². The number of thioether (sulfide) groups is 1. The number of carbonyl (C=O) groups excluding carboxylic acids is 1. The lowest BCUT2D eigenvalue weighted by Crippen LogP contribution is -2.36. The maximum atomic E-state index is 12.8. The average Bonchev–Trinajstić information content (AvgIpc) is 3.13. The maximum Gasteiger partial charge on any atom is 0.237 e. The highest BCUT2D eigenvalue weighted by molar-refractivity contribution is 7.99. The average molecular weight is 379 g/mol. The first-order valence-corrected chi connectivity index (χ1v) is 9.98. The molecule has 0 saturated heterocycles. The highest BCUT2D eigenvalue weighted by atomic mass is 32.2. The van der Waals surface area contributed by atoms with Crippen LogP contribution in [-0.4, -0.2) is 38.4 Å². The number of aryl methyl sites for hydroxylation is 3. The van der Waals surface area contributed by atoms with E-state index in [1.165, 1.54) is 17.3 Å². The highest BCUT2D eigenvalue weighted by Crippen LogP contribution is 2.28. The number of aromatic nitrogens is 4. The van der Waals surface area contributed by atoms with E-state index in [0.29, 0.717) is 10.9 Å². The molecule has 4 rings (SSSR count). The zero-order valence-corrected chi connectivity index (χ0v) is 16.2. The van der Waals surface area contributed by atoms with Gasteiger partial charge in [0.2, 0.25) is 11.1 Å². The Labute approximate surface area is 162 Å². The maximum absolute atomic E-state index is 12.8. The molecule has 0 aliphatic carbocycles. The molecule has 2 aromatic carbocycles. The van der Waals surface area contributed by atoms with Crippen molar-refractivity contribution in [2.45, 2.75) is 31.8 Å². The zero-order chi connectivity index (χ0) is 18.8. The van der Waals surface area contributed by atoms with E-state index in [1.54, 1.807) is 4.68 Å². The van der Waals surface area contributed by atoms with Crippen molar-refractivity contribution in [2.24, 2.45) is 0 Å². The summed E-state index contributed by atoms with van der Waals surface area (Å²) in [7, 11) is 0. The SMILES string of the molecule is Cc1cc(C)cc(-n2nnnc2SCC(=O)N2CCCc3ccccc32)c1. The second kappa shape index (κ2) is 7.52. The van der Waals surface area contributed by atoms with E-state index in [1.807, 2.05) is 49.1 Å². The summed E-state index contributed by atoms with van der Waals surface area (Å²) < 4.78 is 1.70. The van der Waals surface area contributed by atoms with Gasteiger partial charge in [0.25, 0.3) is 0 Å². The summed E-state index contributed by atoms with van der Waals surface area (Å²) in [6.07, 6.45) is 2.02. The van der Waals surface area contributed by atoms with Crippen LogP contribution < -0.4 is 4.90 Å². The van der Waals surface area contributed by atoms with Crippen LogP contribution in [0.3, 0.4) is 0 Å². The fourth-order valence-corrected chi connectivity index (χ4v) is 4.27. The predicted molar refractivity (Wildman–Crippen MR) is 106 cm³/mol. The van der Waals surface area contributed by atoms with Gasteiger partial charge in [0.05, 0.1) is 11.4 Å². The van der Waals surface area contributed by atoms with Gasteiger partial charge >= 0.3 is 0 Å². The van der Waals surface area contributed by atoms with Gasteiger partial charge < -0.3 is 4.90 Å². The molecule has 0 saturated carbocycles. The smallest absolute Gasteiger partial charge is 0.237 e. The van der Waals surface area contributed by atoms with E-state index in [9.17, 15) is 4.79 Å². The quantitative estimate of drug-likeness (QED) is 0.651. The van der Waals surface area contributed by atoms with Gasteiger partial charge in [-0.25, -0.2) is 0 Å². The van der Waals surface area contributed by atoms with E-state index in [-0.39, 0.29) is 5.91 Å². The summed E-state index contributed by atoms with van der Waals surface area (Å²) in [5.74, 6) is 0.390. The van der Waals surface area contributed by atoms with Gasteiger partial charge in [-0.3, -0.25) is 4.79 Å². The number of para-hydroxylation sites is 1. The molecular formula is C20H21N5OS. The van der Waals surface area contributed by atoms with Gasteiger partial charge in [-0.15, -0.1) is 5.10 Å². The summed E-state index contributed by atoms with van der Waals surface area (Å²) in [6.45, 7) is 4.86. The summed E-state index contributed by atoms with van der Waals surface area (Å²) in [4.78, 5) is 14.7. The van der Waals surface area contributed by atoms with Gasteiger partial charge in [0.15, 0.2) is 0 Å². The van der Waals surface area contributed by atoms with Crippen molar-refractivity contribution >= 4 is 23.4 Å². The zero-order valence-electron chi connectivity index (χ0n) is 15.4. The standard InChI is InChI=1S/C20H21N5OS/c1-14-10-15(2)12-17(11-14)25-20(21-22-23-25)27-13-19(26)24-9-5-7-16-6-3-4-8-18(16)24/h3-4,6,8,10-12H,5,7,9,13H2,1-2H3. The van der Waals surface area contributed by atoms with Crippen LogP contribution in [0.5, 0.6) is 0 Å². The van der Waals surface area contributed by atoms with Crippen LogP contribution in [0, 0.1) is 13.8 Å². The molecule has 27 heavy (non-hydrogen) atoms. The summed E-state index contributed by atoms with van der Waals surface area (Å²) in [5.41, 5.74) is 5.48. The van der Waals surface area contributed by atoms with Gasteiger partial charge in [-0.1, -0.05) is 36.0 Å². The molecule has 0 fully saturated rings. The number of benzene rings is 2. The van der Waals surface area contributed by atoms with Crippen molar-refractivity contribution in [1.82, 2.24) is 20.2 Å². The van der Waals surface area contributed by atoms with E-state index in [0.717, 1.165) is 41.9 Å². The van der Waals surface area contributed by atoms with Crippen molar-refractivity contribution < 1.29 is 4.79 Å². The molecule has 0 bridgehead atoms. The largest absolute Gasteiger partial charge is 0.311 e. The second-order valence-corrected chi connectivity index (χ2v) is 7.73. The van der Waals surface area contributed by atoms with Crippen LogP contribution in [-0.2, 0) is 11.2 Å². The molecule has 1 aliphatic heterocycles. The van der Waals surface area contributed by atoms with E-state index in [2.05, 4.69) is 27.7 Å². The minimum absolute atomic E-state index is 0.0853. The first-order valence-electron chi connectivity index (χ1n) is 9.00. The Morgan fingerprint density at radius 2 is 1.93 bits per heavy atom. The lowest BCUT2D eigenvalue weighted by atomic mass is 10.0. The molecule has 2 heterocycles. The predicted octanol–water partition coefficient (Wildman–Crippen LogP) is 3.35. The van der Waals surface area contributed by atoms with Crippen molar-refractivity contribution in [3.8, 4) is 5.69 Å². The lowest BCUT2D eigenvalue weighted by molar-refractivity contribution is -0.116. The molecule has 0 unspecified atom stereocenters. The van der Waals surface area contributed by atoms with Crippen LogP contribution in [0.25, 0.3) is 5.69 Å². The normalized spacial score (nSPS) is 13.5. The van der Waals surface area contributed by atoms with E-state index in [4.69, 9.17) is 0 Å². The van der Waals surface area contributed by atoms with E-state index < -0.39 is 0 Å². The summed E-state index contributed by atoms with van der Waals surface area (Å²) in [6, 6.07) is 14.3. The van der Waals surface area contributed by atoms with Crippen molar-refractivity contribution in [1.29, 1.82) is 0 Å². The molecule has 3 aromatic rings. The third kappa shape index (κ3) is 3.73. The summed E-state index contributed by atoms with van der Waals surface area (Å²) in [5, 5.41) is 12.6. The number of carbonyl (C=O) groups is 1. The highest BCUT2D eigenvalue weighted by Gasteiger charge is 2.23. The Kier molecular flexibility index (Phi) is 4.94. The number of rotatable bonds is 4. The number of hydrogen-bond donors (Lipinski definition) is 0. The lowest BCUT2D eigenvalue weighted by Gasteiger charge is -2.29. The number of nitrogens with zero attached hydrogens (tertiary/aromatic N) is 5. The van der Waals surface area contributed by atoms with Crippen molar-refractivity contribution in [3.05, 3.63) is 59.2 Å². The topological polar surface area (TPSA) is 63.9 Å². The molecule has 1 aromatic heterocycles. The van der Waals surface area contributed by atoms with Crippen LogP contribution >= 0.6 is 11.8 Å². The van der Waals surface area contributed by atoms with Gasteiger partial charge in [-0.2, -0.15) is 4.68 Å². The van der Waals surface area contributed by atoms with Gasteiger partial charge in [-0.05, 0) is 72.0 Å². The molecule has 1 amide bonds. The number of tetrazole rings is 1. The van der Waals surface area contributed by atoms with Crippen LogP contribution in [0.15, 0.2) is 47.6 Å². The number of hydrogen-bond acceptors (Lipinski definition) is 5. The summed E-state index contributed by atoms with van der Waals surface area (Å²) >= 11 is 1.37. The fourth-order valence-electron chi connectivity index (χ4n) is 3.50. The number of anilines is 1. The number of fused-ring (bicyclic) bond motifs is 1. The molecular weight excluding hydrogens is 358 g/mol. The Bertz CT molecular complexity index is 964. The Balaban J connectivity index is 1.51. The molecule has 1 aliphatic rings. The molecule has 7 heteroatoms. The van der Waals surface area contributed by atoms with Gasteiger partial charge in [0, 0.05) is 12.2 Å². The third-order valence-electron chi connectivity index (χ3n) is 4.63. The Morgan fingerprint density at radius 3 is 2.74 bits per heavy atom. The van der Waals surface area contributed by atoms with Crippen LogP contribution in [0.4, 0.5) is 5.69 Å².